The molecule has 0 bridgehead atoms. The topological polar surface area (TPSA) is 102 Å². The number of hydrogen-bond acceptors (Lipinski definition) is 5. The Morgan fingerprint density at radius 1 is 0.893 bits per heavy atom. The van der Waals surface area contributed by atoms with Crippen LogP contribution in [0.5, 0.6) is 0 Å². The van der Waals surface area contributed by atoms with E-state index < -0.39 is 29.7 Å². The van der Waals surface area contributed by atoms with Gasteiger partial charge in [-0.2, -0.15) is 0 Å². The van der Waals surface area contributed by atoms with Crippen molar-refractivity contribution >= 4 is 23.6 Å². The summed E-state index contributed by atoms with van der Waals surface area (Å²) in [5.74, 6) is -2.79. The van der Waals surface area contributed by atoms with E-state index in [1.807, 2.05) is 0 Å². The summed E-state index contributed by atoms with van der Waals surface area (Å²) in [5, 5.41) is 0. The third-order valence-corrected chi connectivity index (χ3v) is 3.74. The first kappa shape index (κ1) is 20.8. The van der Waals surface area contributed by atoms with Crippen molar-refractivity contribution in [1.82, 2.24) is 10.9 Å². The number of carbonyl (C=O) groups excluding carboxylic acids is 4. The number of nitrogens with one attached hydrogen (secondary N) is 2. The minimum atomic E-state index is -1.16. The second-order valence-electron chi connectivity index (χ2n) is 5.87. The summed E-state index contributed by atoms with van der Waals surface area (Å²) in [4.78, 5) is 47.5. The first-order chi connectivity index (χ1) is 13.4. The molecule has 2 N–H and O–H groups in total. The number of esters is 1. The lowest BCUT2D eigenvalue weighted by molar-refractivity contribution is -0.155. The number of ketones is 1. The molecule has 0 aliphatic heterocycles. The van der Waals surface area contributed by atoms with Crippen LogP contribution in [0, 0.1) is 5.82 Å². The Labute approximate surface area is 160 Å². The zero-order chi connectivity index (χ0) is 20.5. The van der Waals surface area contributed by atoms with Crippen molar-refractivity contribution in [2.45, 2.75) is 25.9 Å². The van der Waals surface area contributed by atoms with Gasteiger partial charge in [0.25, 0.3) is 11.8 Å². The highest BCUT2D eigenvalue weighted by Gasteiger charge is 2.19. The molecule has 0 aliphatic carbocycles. The van der Waals surface area contributed by atoms with Crippen LogP contribution in [0.1, 0.15) is 40.5 Å². The Bertz CT molecular complexity index is 853. The molecule has 0 fully saturated rings. The van der Waals surface area contributed by atoms with Gasteiger partial charge < -0.3 is 4.74 Å². The minimum Gasteiger partial charge on any atom is -0.452 e. The number of ether oxygens (including phenoxy) is 1. The van der Waals surface area contributed by atoms with Crippen molar-refractivity contribution in [2.24, 2.45) is 0 Å². The van der Waals surface area contributed by atoms with E-state index in [9.17, 15) is 23.6 Å². The molecule has 7 nitrogen and oxygen atoms in total. The van der Waals surface area contributed by atoms with Gasteiger partial charge in [0, 0.05) is 17.5 Å². The van der Waals surface area contributed by atoms with Crippen LogP contribution < -0.4 is 10.9 Å². The highest BCUT2D eigenvalue weighted by atomic mass is 19.1. The Kier molecular flexibility index (Phi) is 7.38. The van der Waals surface area contributed by atoms with Crippen LogP contribution >= 0.6 is 0 Å². The molecule has 1 atom stereocenters. The van der Waals surface area contributed by atoms with Crippen LogP contribution in [0.2, 0.25) is 0 Å². The molecule has 0 unspecified atom stereocenters. The van der Waals surface area contributed by atoms with Crippen molar-refractivity contribution < 1.29 is 28.3 Å². The number of carbonyl (C=O) groups is 4. The van der Waals surface area contributed by atoms with Crippen LogP contribution in [0.25, 0.3) is 0 Å². The maximum atomic E-state index is 12.8. The third kappa shape index (κ3) is 6.31. The van der Waals surface area contributed by atoms with Gasteiger partial charge in [0.05, 0.1) is 6.42 Å². The van der Waals surface area contributed by atoms with Gasteiger partial charge in [-0.05, 0) is 43.3 Å². The van der Waals surface area contributed by atoms with Gasteiger partial charge in [0.15, 0.2) is 11.9 Å². The highest BCUT2D eigenvalue weighted by molar-refractivity contribution is 5.98. The fourth-order valence-corrected chi connectivity index (χ4v) is 2.19. The van der Waals surface area contributed by atoms with Crippen molar-refractivity contribution in [2.75, 3.05) is 0 Å². The highest BCUT2D eigenvalue weighted by Crippen LogP contribution is 2.08. The average Bonchev–Trinajstić information content (AvgIpc) is 2.71. The normalized spacial score (nSPS) is 11.2. The molecule has 0 radical (unpaired) electrons. The molecule has 0 spiro atoms. The summed E-state index contributed by atoms with van der Waals surface area (Å²) in [6.07, 6.45) is -1.53. The maximum Gasteiger partial charge on any atom is 0.307 e. The molecular weight excluding hydrogens is 367 g/mol. The molecule has 28 heavy (non-hydrogen) atoms. The lowest BCUT2D eigenvalue weighted by Gasteiger charge is -2.14. The van der Waals surface area contributed by atoms with Crippen LogP contribution in [0.3, 0.4) is 0 Å². The minimum absolute atomic E-state index is 0.135. The smallest absolute Gasteiger partial charge is 0.307 e. The van der Waals surface area contributed by atoms with E-state index in [4.69, 9.17) is 4.74 Å². The largest absolute Gasteiger partial charge is 0.452 e. The zero-order valence-corrected chi connectivity index (χ0v) is 15.1. The van der Waals surface area contributed by atoms with E-state index in [1.54, 1.807) is 30.3 Å². The maximum absolute atomic E-state index is 12.8. The van der Waals surface area contributed by atoms with Crippen molar-refractivity contribution in [1.29, 1.82) is 0 Å². The van der Waals surface area contributed by atoms with Gasteiger partial charge in [0.1, 0.15) is 5.82 Å². The fourth-order valence-electron chi connectivity index (χ4n) is 2.19. The summed E-state index contributed by atoms with van der Waals surface area (Å²) in [5.41, 5.74) is 5.01. The first-order valence-electron chi connectivity index (χ1n) is 8.50. The zero-order valence-electron chi connectivity index (χ0n) is 15.1. The van der Waals surface area contributed by atoms with E-state index in [-0.39, 0.29) is 24.2 Å². The second kappa shape index (κ2) is 9.96. The van der Waals surface area contributed by atoms with Gasteiger partial charge >= 0.3 is 5.97 Å². The number of halogens is 1. The quantitative estimate of drug-likeness (QED) is 0.431. The van der Waals surface area contributed by atoms with Crippen molar-refractivity contribution in [3.8, 4) is 0 Å². The number of benzene rings is 2. The lowest BCUT2D eigenvalue weighted by atomic mass is 10.1. The predicted molar refractivity (Wildman–Crippen MR) is 97.6 cm³/mol. The van der Waals surface area contributed by atoms with Crippen LogP contribution in [0.15, 0.2) is 54.6 Å². The SMILES string of the molecule is C[C@H](OC(=O)CCC(=O)c1ccc(F)cc1)C(=O)NNC(=O)c1ccccc1. The van der Waals surface area contributed by atoms with Crippen LogP contribution in [0.4, 0.5) is 4.39 Å². The molecule has 0 aromatic heterocycles. The van der Waals surface area contributed by atoms with Gasteiger partial charge in [-0.1, -0.05) is 18.2 Å². The standard InChI is InChI=1S/C20H19FN2O5/c1-13(19(26)22-23-20(27)15-5-3-2-4-6-15)28-18(25)12-11-17(24)14-7-9-16(21)10-8-14/h2-10,13H,11-12H2,1H3,(H,22,26)(H,23,27)/t13-/m0/s1. The number of hydrogen-bond donors (Lipinski definition) is 2. The van der Waals surface area contributed by atoms with E-state index >= 15 is 0 Å². The molecule has 0 heterocycles. The van der Waals surface area contributed by atoms with Gasteiger partial charge in [-0.3, -0.25) is 30.0 Å². The van der Waals surface area contributed by atoms with Gasteiger partial charge in [-0.15, -0.1) is 0 Å². The molecule has 2 rings (SSSR count). The number of amides is 2. The Balaban J connectivity index is 1.73. The van der Waals surface area contributed by atoms with E-state index in [2.05, 4.69) is 10.9 Å². The molecule has 2 aromatic carbocycles. The van der Waals surface area contributed by atoms with E-state index in [0.717, 1.165) is 12.1 Å². The molecule has 146 valence electrons. The molecular formula is C20H19FN2O5. The summed E-state index contributed by atoms with van der Waals surface area (Å²) in [6.45, 7) is 1.34. The fraction of sp³-hybridized carbons (Fsp3) is 0.200. The van der Waals surface area contributed by atoms with E-state index in [1.165, 1.54) is 19.1 Å². The average molecular weight is 386 g/mol. The van der Waals surface area contributed by atoms with Gasteiger partial charge in [0.2, 0.25) is 0 Å². The van der Waals surface area contributed by atoms with Gasteiger partial charge in [-0.25, -0.2) is 4.39 Å². The molecule has 8 heteroatoms. The van der Waals surface area contributed by atoms with Crippen LogP contribution in [-0.2, 0) is 14.3 Å². The summed E-state index contributed by atoms with van der Waals surface area (Å²) < 4.78 is 17.8. The Morgan fingerprint density at radius 3 is 2.18 bits per heavy atom. The number of hydrazine groups is 1. The Hall–Kier alpha value is -3.55. The van der Waals surface area contributed by atoms with E-state index in [0.29, 0.717) is 5.56 Å². The lowest BCUT2D eigenvalue weighted by Crippen LogP contribution is -2.46. The number of Topliss-reactive ketones (excluding diaryl/α,β-unsaturated/α-hetero) is 1. The van der Waals surface area contributed by atoms with Crippen LogP contribution in [-0.4, -0.2) is 29.7 Å². The molecule has 2 amide bonds. The predicted octanol–water partition coefficient (Wildman–Crippen LogP) is 2.18. The Morgan fingerprint density at radius 2 is 1.54 bits per heavy atom. The first-order valence-corrected chi connectivity index (χ1v) is 8.50. The summed E-state index contributed by atoms with van der Waals surface area (Å²) in [6, 6.07) is 13.2. The second-order valence-corrected chi connectivity index (χ2v) is 5.87. The molecule has 0 aliphatic rings. The third-order valence-electron chi connectivity index (χ3n) is 3.74. The summed E-state index contributed by atoms with van der Waals surface area (Å²) in [7, 11) is 0. The van der Waals surface area contributed by atoms with Crippen molar-refractivity contribution in [3.63, 3.8) is 0 Å². The molecule has 0 saturated heterocycles. The monoisotopic (exact) mass is 386 g/mol. The van der Waals surface area contributed by atoms with Crippen molar-refractivity contribution in [3.05, 3.63) is 71.5 Å². The number of rotatable bonds is 7. The molecule has 2 aromatic rings. The summed E-state index contributed by atoms with van der Waals surface area (Å²) >= 11 is 0. The molecule has 0 saturated carbocycles.